The Labute approximate surface area is 207 Å². The third-order valence-electron chi connectivity index (χ3n) is 5.55. The molecule has 2 amide bonds. The van der Waals surface area contributed by atoms with E-state index in [-0.39, 0.29) is 30.3 Å². The van der Waals surface area contributed by atoms with E-state index in [2.05, 4.69) is 5.32 Å². The van der Waals surface area contributed by atoms with Crippen LogP contribution in [0.5, 0.6) is 5.75 Å². The van der Waals surface area contributed by atoms with Crippen LogP contribution in [-0.2, 0) is 22.6 Å². The molecule has 35 heavy (non-hydrogen) atoms. The summed E-state index contributed by atoms with van der Waals surface area (Å²) in [7, 11) is 1.58. The average molecular weight is 493 g/mol. The molecule has 0 spiro atoms. The minimum atomic E-state index is -1.13. The minimum absolute atomic E-state index is 0.0656. The van der Waals surface area contributed by atoms with E-state index in [1.807, 2.05) is 29.6 Å². The first kappa shape index (κ1) is 24.2. The fraction of sp³-hybridized carbons (Fsp3) is 0.185. The van der Waals surface area contributed by atoms with E-state index in [0.29, 0.717) is 11.3 Å². The number of ether oxygens (including phenoxy) is 1. The van der Waals surface area contributed by atoms with Crippen molar-refractivity contribution in [1.82, 2.24) is 5.32 Å². The fourth-order valence-corrected chi connectivity index (χ4v) is 4.36. The van der Waals surface area contributed by atoms with Gasteiger partial charge in [0, 0.05) is 17.1 Å². The number of furan rings is 1. The van der Waals surface area contributed by atoms with Crippen molar-refractivity contribution in [3.8, 4) is 5.75 Å². The molecule has 0 saturated carbocycles. The van der Waals surface area contributed by atoms with E-state index < -0.39 is 17.8 Å². The molecule has 4 rings (SSSR count). The van der Waals surface area contributed by atoms with Crippen molar-refractivity contribution in [2.75, 3.05) is 12.0 Å². The zero-order valence-corrected chi connectivity index (χ0v) is 20.2. The van der Waals surface area contributed by atoms with Crippen molar-refractivity contribution in [2.24, 2.45) is 0 Å². The molecule has 0 aliphatic rings. The van der Waals surface area contributed by atoms with Crippen LogP contribution in [0.3, 0.4) is 0 Å². The van der Waals surface area contributed by atoms with Gasteiger partial charge in [-0.15, -0.1) is 11.3 Å². The number of hydrogen-bond acceptors (Lipinski definition) is 5. The van der Waals surface area contributed by atoms with E-state index in [1.54, 1.807) is 50.4 Å². The summed E-state index contributed by atoms with van der Waals surface area (Å²) in [6, 6.07) is 17.6. The highest BCUT2D eigenvalue weighted by Gasteiger charge is 2.35. The Balaban J connectivity index is 1.67. The molecule has 1 atom stereocenters. The van der Waals surface area contributed by atoms with Crippen LogP contribution in [0.1, 0.15) is 27.8 Å². The smallest absolute Gasteiger partial charge is 0.251 e. The molecule has 2 aromatic heterocycles. The highest BCUT2D eigenvalue weighted by molar-refractivity contribution is 7.10. The van der Waals surface area contributed by atoms with Crippen molar-refractivity contribution < 1.29 is 23.1 Å². The van der Waals surface area contributed by atoms with Crippen LogP contribution < -0.4 is 15.0 Å². The number of nitrogens with zero attached hydrogens (tertiary/aromatic N) is 1. The molecule has 4 aromatic rings. The summed E-state index contributed by atoms with van der Waals surface area (Å²) in [5, 5.41) is 4.77. The molecule has 0 saturated heterocycles. The molecule has 180 valence electrons. The second-order valence-electron chi connectivity index (χ2n) is 7.94. The quantitative estimate of drug-likeness (QED) is 0.338. The summed E-state index contributed by atoms with van der Waals surface area (Å²) in [6.45, 7) is 1.87. The summed E-state index contributed by atoms with van der Waals surface area (Å²) in [4.78, 5) is 29.2. The van der Waals surface area contributed by atoms with Crippen LogP contribution in [0.15, 0.2) is 82.8 Å². The Kier molecular flexibility index (Phi) is 7.62. The van der Waals surface area contributed by atoms with Gasteiger partial charge in [0.1, 0.15) is 17.3 Å². The van der Waals surface area contributed by atoms with E-state index in [0.717, 1.165) is 10.4 Å². The van der Waals surface area contributed by atoms with Gasteiger partial charge in [-0.3, -0.25) is 14.5 Å². The normalized spacial score (nSPS) is 11.6. The van der Waals surface area contributed by atoms with Crippen molar-refractivity contribution in [2.45, 2.75) is 25.9 Å². The van der Waals surface area contributed by atoms with Crippen LogP contribution in [0, 0.1) is 12.7 Å². The molecule has 0 bridgehead atoms. The number of benzene rings is 2. The molecule has 0 fully saturated rings. The number of halogens is 1. The molecule has 2 aromatic carbocycles. The second-order valence-corrected chi connectivity index (χ2v) is 8.97. The molecule has 0 radical (unpaired) electrons. The number of aryl methyl sites for hydroxylation is 1. The number of methoxy groups -OCH3 is 1. The lowest BCUT2D eigenvalue weighted by Crippen LogP contribution is -2.44. The third-order valence-corrected chi connectivity index (χ3v) is 6.43. The minimum Gasteiger partial charge on any atom is -0.497 e. The number of amides is 2. The van der Waals surface area contributed by atoms with Gasteiger partial charge in [-0.2, -0.15) is 0 Å². The van der Waals surface area contributed by atoms with Crippen LogP contribution in [0.2, 0.25) is 0 Å². The van der Waals surface area contributed by atoms with Crippen LogP contribution >= 0.6 is 11.3 Å². The van der Waals surface area contributed by atoms with Gasteiger partial charge < -0.3 is 14.5 Å². The van der Waals surface area contributed by atoms with Crippen LogP contribution in [0.25, 0.3) is 0 Å². The predicted octanol–water partition coefficient (Wildman–Crippen LogP) is 5.43. The average Bonchev–Trinajstić information content (AvgIpc) is 3.58. The molecule has 6 nitrogen and oxygen atoms in total. The first-order valence-electron chi connectivity index (χ1n) is 11.0. The lowest BCUT2D eigenvalue weighted by molar-refractivity contribution is -0.127. The Morgan fingerprint density at radius 2 is 1.91 bits per heavy atom. The van der Waals surface area contributed by atoms with Crippen LogP contribution in [-0.4, -0.2) is 18.9 Å². The first-order chi connectivity index (χ1) is 17.0. The molecule has 0 aliphatic carbocycles. The maximum Gasteiger partial charge on any atom is 0.251 e. The SMILES string of the molecule is COc1ccc(CNC(=O)[C@@H](c2ccco2)N(C(=O)Cc2cccs2)c2ccc(C)c(F)c2)cc1. The third kappa shape index (κ3) is 5.78. The Morgan fingerprint density at radius 3 is 2.54 bits per heavy atom. The molecule has 0 unspecified atom stereocenters. The fourth-order valence-electron chi connectivity index (χ4n) is 3.67. The van der Waals surface area contributed by atoms with Gasteiger partial charge in [0.15, 0.2) is 6.04 Å². The lowest BCUT2D eigenvalue weighted by Gasteiger charge is -2.30. The van der Waals surface area contributed by atoms with Crippen molar-refractivity contribution >= 4 is 28.8 Å². The Bertz CT molecular complexity index is 1270. The molecular formula is C27H25FN2O4S. The highest BCUT2D eigenvalue weighted by Crippen LogP contribution is 2.31. The molecule has 2 heterocycles. The highest BCUT2D eigenvalue weighted by atomic mass is 32.1. The summed E-state index contributed by atoms with van der Waals surface area (Å²) < 4.78 is 25.3. The van der Waals surface area contributed by atoms with Gasteiger partial charge in [0.05, 0.1) is 19.8 Å². The van der Waals surface area contributed by atoms with Gasteiger partial charge >= 0.3 is 0 Å². The van der Waals surface area contributed by atoms with Gasteiger partial charge in [-0.25, -0.2) is 4.39 Å². The number of carbonyl (C=O) groups excluding carboxylic acids is 2. The lowest BCUT2D eigenvalue weighted by atomic mass is 10.1. The van der Waals surface area contributed by atoms with Crippen molar-refractivity contribution in [1.29, 1.82) is 0 Å². The topological polar surface area (TPSA) is 71.8 Å². The van der Waals surface area contributed by atoms with E-state index in [9.17, 15) is 14.0 Å². The monoisotopic (exact) mass is 492 g/mol. The zero-order valence-electron chi connectivity index (χ0n) is 19.4. The van der Waals surface area contributed by atoms with Gasteiger partial charge in [0.25, 0.3) is 5.91 Å². The maximum atomic E-state index is 14.5. The van der Waals surface area contributed by atoms with Crippen molar-refractivity contribution in [3.05, 3.63) is 106 Å². The second kappa shape index (κ2) is 11.0. The molecule has 8 heteroatoms. The van der Waals surface area contributed by atoms with Gasteiger partial charge in [-0.1, -0.05) is 24.3 Å². The number of rotatable bonds is 9. The number of nitrogens with one attached hydrogen (secondary N) is 1. The largest absolute Gasteiger partial charge is 0.497 e. The van der Waals surface area contributed by atoms with E-state index >= 15 is 0 Å². The summed E-state index contributed by atoms with van der Waals surface area (Å²) in [5.41, 5.74) is 1.57. The Morgan fingerprint density at radius 1 is 1.11 bits per heavy atom. The van der Waals surface area contributed by atoms with Gasteiger partial charge in [-0.05, 0) is 65.9 Å². The van der Waals surface area contributed by atoms with Crippen molar-refractivity contribution in [3.63, 3.8) is 0 Å². The maximum absolute atomic E-state index is 14.5. The number of anilines is 1. The molecule has 0 aliphatic heterocycles. The Hall–Kier alpha value is -3.91. The van der Waals surface area contributed by atoms with Gasteiger partial charge in [0.2, 0.25) is 5.91 Å². The number of thiophene rings is 1. The summed E-state index contributed by atoms with van der Waals surface area (Å²) in [5.74, 6) is -0.278. The summed E-state index contributed by atoms with van der Waals surface area (Å²) in [6.07, 6.45) is 1.51. The number of carbonyl (C=O) groups is 2. The first-order valence-corrected chi connectivity index (χ1v) is 11.9. The van der Waals surface area contributed by atoms with E-state index in [4.69, 9.17) is 9.15 Å². The number of hydrogen-bond donors (Lipinski definition) is 1. The standard InChI is InChI=1S/C27H25FN2O4S/c1-18-7-10-20(15-23(18)28)30(25(31)16-22-5-4-14-35-22)26(24-6-3-13-34-24)27(32)29-17-19-8-11-21(33-2)12-9-19/h3-15,26H,16-17H2,1-2H3,(H,29,32)/t26-/m1/s1. The zero-order chi connectivity index (χ0) is 24.8. The van der Waals surface area contributed by atoms with E-state index in [1.165, 1.54) is 28.6 Å². The van der Waals surface area contributed by atoms with Crippen LogP contribution in [0.4, 0.5) is 10.1 Å². The summed E-state index contributed by atoms with van der Waals surface area (Å²) >= 11 is 1.44. The predicted molar refractivity (Wildman–Crippen MR) is 133 cm³/mol. The molecule has 1 N–H and O–H groups in total. The molecular weight excluding hydrogens is 467 g/mol.